The Labute approximate surface area is 172 Å². The molecule has 0 aliphatic heterocycles. The number of carbonyl (C=O) groups excluding carboxylic acids is 1. The topological polar surface area (TPSA) is 44.1 Å². The zero-order valence-electron chi connectivity index (χ0n) is 17.2. The van der Waals surface area contributed by atoms with Crippen LogP contribution in [0, 0.1) is 0 Å². The van der Waals surface area contributed by atoms with Crippen molar-refractivity contribution in [3.63, 3.8) is 0 Å². The Morgan fingerprint density at radius 2 is 1.76 bits per heavy atom. The minimum Gasteiger partial charge on any atom is -0.427 e. The number of hydrogen-bond donors (Lipinski definition) is 0. The van der Waals surface area contributed by atoms with Crippen molar-refractivity contribution in [1.82, 2.24) is 9.78 Å². The van der Waals surface area contributed by atoms with Gasteiger partial charge in [0.15, 0.2) is 0 Å². The number of aromatic nitrogens is 2. The van der Waals surface area contributed by atoms with Crippen LogP contribution in [0.3, 0.4) is 0 Å². The van der Waals surface area contributed by atoms with E-state index in [1.165, 1.54) is 30.5 Å². The van der Waals surface area contributed by atoms with Gasteiger partial charge in [0.05, 0.1) is 17.4 Å². The molecule has 3 aromatic rings. The molecule has 0 saturated heterocycles. The summed E-state index contributed by atoms with van der Waals surface area (Å²) in [5.74, 6) is 0.420. The summed E-state index contributed by atoms with van der Waals surface area (Å²) in [6.07, 6.45) is 5.77. The summed E-state index contributed by atoms with van der Waals surface area (Å²) in [6, 6.07) is 18.8. The SMILES string of the molecule is CCCC(=O)Oc1ccc(-c2c(CC)c(-c3ccccc3)nn2C2CCC2)cc1. The lowest BCUT2D eigenvalue weighted by Gasteiger charge is -2.28. The van der Waals surface area contributed by atoms with Crippen LogP contribution in [-0.2, 0) is 11.2 Å². The van der Waals surface area contributed by atoms with Crippen LogP contribution in [-0.4, -0.2) is 15.7 Å². The van der Waals surface area contributed by atoms with E-state index in [1.807, 2.05) is 25.1 Å². The maximum Gasteiger partial charge on any atom is 0.311 e. The molecular formula is C25H28N2O2. The Balaban J connectivity index is 1.74. The Kier molecular flexibility index (Phi) is 5.79. The second kappa shape index (κ2) is 8.64. The smallest absolute Gasteiger partial charge is 0.311 e. The van der Waals surface area contributed by atoms with Gasteiger partial charge in [-0.15, -0.1) is 0 Å². The maximum atomic E-state index is 11.8. The molecule has 0 unspecified atom stereocenters. The van der Waals surface area contributed by atoms with E-state index in [0.717, 1.165) is 29.7 Å². The van der Waals surface area contributed by atoms with Gasteiger partial charge in [-0.2, -0.15) is 5.10 Å². The van der Waals surface area contributed by atoms with Gasteiger partial charge < -0.3 is 4.74 Å². The van der Waals surface area contributed by atoms with Crippen LogP contribution in [0.15, 0.2) is 54.6 Å². The number of esters is 1. The van der Waals surface area contributed by atoms with Gasteiger partial charge in [-0.05, 0) is 56.4 Å². The summed E-state index contributed by atoms with van der Waals surface area (Å²) >= 11 is 0. The number of rotatable bonds is 7. The number of ether oxygens (including phenoxy) is 1. The van der Waals surface area contributed by atoms with Crippen LogP contribution < -0.4 is 4.74 Å². The van der Waals surface area contributed by atoms with Crippen molar-refractivity contribution in [3.8, 4) is 28.3 Å². The van der Waals surface area contributed by atoms with Crippen LogP contribution in [0.25, 0.3) is 22.5 Å². The number of nitrogens with zero attached hydrogens (tertiary/aromatic N) is 2. The summed E-state index contributed by atoms with van der Waals surface area (Å²) in [7, 11) is 0. The molecule has 0 atom stereocenters. The lowest BCUT2D eigenvalue weighted by molar-refractivity contribution is -0.134. The first-order valence-electron chi connectivity index (χ1n) is 10.7. The lowest BCUT2D eigenvalue weighted by Crippen LogP contribution is -2.19. The molecule has 4 heteroatoms. The molecule has 1 fully saturated rings. The molecule has 0 amide bonds. The van der Waals surface area contributed by atoms with Crippen molar-refractivity contribution in [1.29, 1.82) is 0 Å². The van der Waals surface area contributed by atoms with Crippen LogP contribution in [0.1, 0.15) is 57.6 Å². The van der Waals surface area contributed by atoms with Crippen molar-refractivity contribution < 1.29 is 9.53 Å². The molecule has 1 aliphatic rings. The van der Waals surface area contributed by atoms with E-state index in [2.05, 4.69) is 48.0 Å². The highest BCUT2D eigenvalue weighted by atomic mass is 16.5. The third kappa shape index (κ3) is 3.98. The minimum absolute atomic E-state index is 0.180. The van der Waals surface area contributed by atoms with E-state index < -0.39 is 0 Å². The van der Waals surface area contributed by atoms with E-state index in [-0.39, 0.29) is 5.97 Å². The van der Waals surface area contributed by atoms with Crippen molar-refractivity contribution in [2.24, 2.45) is 0 Å². The molecule has 1 heterocycles. The quantitative estimate of drug-likeness (QED) is 0.357. The van der Waals surface area contributed by atoms with Gasteiger partial charge in [0.1, 0.15) is 5.75 Å². The Morgan fingerprint density at radius 1 is 1.03 bits per heavy atom. The number of hydrogen-bond acceptors (Lipinski definition) is 3. The van der Waals surface area contributed by atoms with Crippen LogP contribution in [0.5, 0.6) is 5.75 Å². The zero-order valence-corrected chi connectivity index (χ0v) is 17.2. The summed E-state index contributed by atoms with van der Waals surface area (Å²) < 4.78 is 7.66. The molecule has 4 nitrogen and oxygen atoms in total. The highest BCUT2D eigenvalue weighted by Crippen LogP contribution is 2.40. The van der Waals surface area contributed by atoms with Crippen molar-refractivity contribution >= 4 is 5.97 Å². The average molecular weight is 389 g/mol. The van der Waals surface area contributed by atoms with Crippen molar-refractivity contribution in [2.75, 3.05) is 0 Å². The van der Waals surface area contributed by atoms with Gasteiger partial charge in [0.25, 0.3) is 0 Å². The highest BCUT2D eigenvalue weighted by molar-refractivity contribution is 5.76. The predicted octanol–water partition coefficient (Wildman–Crippen LogP) is 6.21. The van der Waals surface area contributed by atoms with Gasteiger partial charge in [0.2, 0.25) is 0 Å². The molecule has 0 bridgehead atoms. The first-order valence-corrected chi connectivity index (χ1v) is 10.7. The monoisotopic (exact) mass is 388 g/mol. The lowest BCUT2D eigenvalue weighted by atomic mass is 9.92. The Hall–Kier alpha value is -2.88. The summed E-state index contributed by atoms with van der Waals surface area (Å²) in [5, 5.41) is 5.08. The largest absolute Gasteiger partial charge is 0.427 e. The van der Waals surface area contributed by atoms with E-state index in [4.69, 9.17) is 9.84 Å². The fraction of sp³-hybridized carbons (Fsp3) is 0.360. The number of carbonyl (C=O) groups is 1. The third-order valence-electron chi connectivity index (χ3n) is 5.64. The molecule has 0 radical (unpaired) electrons. The second-order valence-corrected chi connectivity index (χ2v) is 7.67. The van der Waals surface area contributed by atoms with E-state index in [9.17, 15) is 4.79 Å². The summed E-state index contributed by atoms with van der Waals surface area (Å²) in [5.41, 5.74) is 5.84. The molecule has 1 saturated carbocycles. The molecule has 1 aliphatic carbocycles. The Bertz CT molecular complexity index is 970. The van der Waals surface area contributed by atoms with Crippen LogP contribution >= 0.6 is 0 Å². The van der Waals surface area contributed by atoms with Gasteiger partial charge in [-0.1, -0.05) is 44.2 Å². The van der Waals surface area contributed by atoms with E-state index >= 15 is 0 Å². The van der Waals surface area contributed by atoms with Crippen molar-refractivity contribution in [2.45, 2.75) is 58.4 Å². The highest BCUT2D eigenvalue weighted by Gasteiger charge is 2.27. The maximum absolute atomic E-state index is 11.8. The molecular weight excluding hydrogens is 360 g/mol. The first-order chi connectivity index (χ1) is 14.2. The van der Waals surface area contributed by atoms with Crippen LogP contribution in [0.4, 0.5) is 0 Å². The first kappa shape index (κ1) is 19.4. The van der Waals surface area contributed by atoms with Gasteiger partial charge >= 0.3 is 5.97 Å². The van der Waals surface area contributed by atoms with Gasteiger partial charge in [0, 0.05) is 23.1 Å². The molecule has 4 rings (SSSR count). The van der Waals surface area contributed by atoms with Gasteiger partial charge in [-0.25, -0.2) is 0 Å². The zero-order chi connectivity index (χ0) is 20.2. The van der Waals surface area contributed by atoms with Gasteiger partial charge in [-0.3, -0.25) is 9.48 Å². The van der Waals surface area contributed by atoms with E-state index in [1.54, 1.807) is 0 Å². The normalized spacial score (nSPS) is 13.9. The Morgan fingerprint density at radius 3 is 2.34 bits per heavy atom. The minimum atomic E-state index is -0.180. The third-order valence-corrected chi connectivity index (χ3v) is 5.64. The van der Waals surface area contributed by atoms with Crippen molar-refractivity contribution in [3.05, 3.63) is 60.2 Å². The standard InChI is InChI=1S/C25H28N2O2/c1-3-9-23(28)29-21-16-14-19(15-17-21)25-22(4-2)24(18-10-6-5-7-11-18)26-27(25)20-12-8-13-20/h5-7,10-11,14-17,20H,3-4,8-9,12-13H2,1-2H3. The van der Waals surface area contributed by atoms with Crippen LogP contribution in [0.2, 0.25) is 0 Å². The molecule has 2 aromatic carbocycles. The number of benzene rings is 2. The average Bonchev–Trinajstić information content (AvgIpc) is 3.07. The summed E-state index contributed by atoms with van der Waals surface area (Å²) in [4.78, 5) is 11.8. The second-order valence-electron chi connectivity index (χ2n) is 7.67. The fourth-order valence-electron chi connectivity index (χ4n) is 3.90. The predicted molar refractivity (Wildman–Crippen MR) is 116 cm³/mol. The summed E-state index contributed by atoms with van der Waals surface area (Å²) in [6.45, 7) is 4.17. The molecule has 150 valence electrons. The molecule has 29 heavy (non-hydrogen) atoms. The molecule has 0 spiro atoms. The van der Waals surface area contributed by atoms with E-state index in [0.29, 0.717) is 18.2 Å². The molecule has 0 N–H and O–H groups in total. The fourth-order valence-corrected chi connectivity index (χ4v) is 3.90. The molecule has 1 aromatic heterocycles.